The van der Waals surface area contributed by atoms with Gasteiger partial charge in [-0.3, -0.25) is 0 Å². The number of fused-ring (bicyclic) bond motifs is 3. The molecule has 0 N–H and O–H groups in total. The third-order valence-electron chi connectivity index (χ3n) is 7.58. The molecule has 0 radical (unpaired) electrons. The van der Waals surface area contributed by atoms with Gasteiger partial charge in [0.05, 0.1) is 17.2 Å². The Labute approximate surface area is 242 Å². The highest BCUT2D eigenvalue weighted by atomic mass is 32.1. The fourth-order valence-electron chi connectivity index (χ4n) is 5.54. The highest BCUT2D eigenvalue weighted by Gasteiger charge is 2.13. The lowest BCUT2D eigenvalue weighted by molar-refractivity contribution is 1.47. The Morgan fingerprint density at radius 1 is 0.415 bits per heavy atom. The average molecular weight is 539 g/mol. The zero-order valence-electron chi connectivity index (χ0n) is 22.0. The van der Waals surface area contributed by atoms with Gasteiger partial charge in [0.1, 0.15) is 6.07 Å². The van der Waals surface area contributed by atoms with Crippen LogP contribution in [-0.4, -0.2) is 0 Å². The predicted molar refractivity (Wildman–Crippen MR) is 171 cm³/mol. The standard InChI is InChI=1S/C38H22N2S/c39-23-25-6-3-7-28(20-25)26-14-16-27(17-15-26)32-11-5-12-33(36(32)24-40)31-9-4-8-29(21-31)30-18-19-35-34-10-1-2-13-37(34)41-38(35)22-30/h1-22H. The van der Waals surface area contributed by atoms with Gasteiger partial charge >= 0.3 is 0 Å². The van der Waals surface area contributed by atoms with Crippen molar-refractivity contribution in [2.24, 2.45) is 0 Å². The second kappa shape index (κ2) is 10.2. The second-order valence-corrected chi connectivity index (χ2v) is 11.1. The van der Waals surface area contributed by atoms with Crippen LogP contribution in [0.2, 0.25) is 0 Å². The molecule has 2 nitrogen and oxygen atoms in total. The van der Waals surface area contributed by atoms with Crippen LogP contribution < -0.4 is 0 Å². The van der Waals surface area contributed by atoms with E-state index in [0.29, 0.717) is 11.1 Å². The van der Waals surface area contributed by atoms with E-state index in [1.807, 2.05) is 72.0 Å². The summed E-state index contributed by atoms with van der Waals surface area (Å²) in [7, 11) is 0. The first-order valence-electron chi connectivity index (χ1n) is 13.4. The molecule has 6 aromatic carbocycles. The largest absolute Gasteiger partial charge is 0.192 e. The molecule has 0 bridgehead atoms. The molecule has 0 aliphatic heterocycles. The molecule has 0 aliphatic rings. The van der Waals surface area contributed by atoms with E-state index in [1.54, 1.807) is 6.07 Å². The highest BCUT2D eigenvalue weighted by molar-refractivity contribution is 7.25. The van der Waals surface area contributed by atoms with Gasteiger partial charge in [0.2, 0.25) is 0 Å². The summed E-state index contributed by atoms with van der Waals surface area (Å²) in [4.78, 5) is 0. The van der Waals surface area contributed by atoms with Crippen LogP contribution in [0.5, 0.6) is 0 Å². The van der Waals surface area contributed by atoms with Gasteiger partial charge in [-0.25, -0.2) is 0 Å². The number of nitrogens with zero attached hydrogens (tertiary/aromatic N) is 2. The molecular weight excluding hydrogens is 516 g/mol. The molecule has 7 aromatic rings. The van der Waals surface area contributed by atoms with Gasteiger partial charge in [-0.2, -0.15) is 10.5 Å². The Morgan fingerprint density at radius 2 is 1.02 bits per heavy atom. The Kier molecular flexibility index (Phi) is 6.14. The van der Waals surface area contributed by atoms with Crippen LogP contribution in [0.15, 0.2) is 133 Å². The zero-order valence-corrected chi connectivity index (χ0v) is 22.8. The Balaban J connectivity index is 1.26. The maximum absolute atomic E-state index is 10.3. The van der Waals surface area contributed by atoms with Gasteiger partial charge in [0.15, 0.2) is 0 Å². The van der Waals surface area contributed by atoms with Gasteiger partial charge in [-0.05, 0) is 63.7 Å². The molecule has 190 valence electrons. The summed E-state index contributed by atoms with van der Waals surface area (Å²) >= 11 is 1.82. The minimum atomic E-state index is 0.636. The van der Waals surface area contributed by atoms with Gasteiger partial charge in [-0.1, -0.05) is 103 Å². The van der Waals surface area contributed by atoms with Crippen molar-refractivity contribution >= 4 is 31.5 Å². The summed E-state index contributed by atoms with van der Waals surface area (Å²) in [5.41, 5.74) is 9.43. The maximum atomic E-state index is 10.3. The van der Waals surface area contributed by atoms with E-state index in [9.17, 15) is 10.5 Å². The van der Waals surface area contributed by atoms with E-state index < -0.39 is 0 Å². The normalized spacial score (nSPS) is 10.9. The molecule has 0 amide bonds. The molecule has 3 heteroatoms. The fraction of sp³-hybridized carbons (Fsp3) is 0. The van der Waals surface area contributed by atoms with Gasteiger partial charge in [-0.15, -0.1) is 11.3 Å². The molecule has 0 saturated heterocycles. The van der Waals surface area contributed by atoms with E-state index >= 15 is 0 Å². The van der Waals surface area contributed by atoms with Crippen LogP contribution >= 0.6 is 11.3 Å². The smallest absolute Gasteiger partial charge is 0.100 e. The van der Waals surface area contributed by atoms with Crippen molar-refractivity contribution in [2.75, 3.05) is 0 Å². The first kappa shape index (κ1) is 24.6. The van der Waals surface area contributed by atoms with Crippen molar-refractivity contribution in [3.05, 3.63) is 145 Å². The van der Waals surface area contributed by atoms with Crippen molar-refractivity contribution in [1.82, 2.24) is 0 Å². The van der Waals surface area contributed by atoms with Crippen molar-refractivity contribution in [3.8, 4) is 56.6 Å². The molecule has 0 atom stereocenters. The van der Waals surface area contributed by atoms with Gasteiger partial charge in [0, 0.05) is 31.3 Å². The number of hydrogen-bond acceptors (Lipinski definition) is 3. The monoisotopic (exact) mass is 538 g/mol. The first-order chi connectivity index (χ1) is 20.2. The second-order valence-electron chi connectivity index (χ2n) is 10.00. The molecule has 41 heavy (non-hydrogen) atoms. The topological polar surface area (TPSA) is 47.6 Å². The highest BCUT2D eigenvalue weighted by Crippen LogP contribution is 2.38. The van der Waals surface area contributed by atoms with E-state index in [2.05, 4.69) is 78.9 Å². The predicted octanol–water partition coefficient (Wildman–Crippen LogP) is 10.5. The molecular formula is C38H22N2S. The first-order valence-corrected chi connectivity index (χ1v) is 14.2. The van der Waals surface area contributed by atoms with Gasteiger partial charge < -0.3 is 0 Å². The summed E-state index contributed by atoms with van der Waals surface area (Å²) in [6, 6.07) is 50.2. The number of nitriles is 2. The Hall–Kier alpha value is -5.48. The number of hydrogen-bond donors (Lipinski definition) is 0. The number of rotatable bonds is 4. The summed E-state index contributed by atoms with van der Waals surface area (Å²) in [6.07, 6.45) is 0. The van der Waals surface area contributed by atoms with E-state index in [-0.39, 0.29) is 0 Å². The van der Waals surface area contributed by atoms with E-state index in [0.717, 1.165) is 44.5 Å². The van der Waals surface area contributed by atoms with E-state index in [1.165, 1.54) is 20.2 Å². The molecule has 0 fully saturated rings. The van der Waals surface area contributed by atoms with Crippen LogP contribution in [0.1, 0.15) is 11.1 Å². The Morgan fingerprint density at radius 3 is 1.83 bits per heavy atom. The van der Waals surface area contributed by atoms with Crippen LogP contribution in [0.25, 0.3) is 64.7 Å². The molecule has 1 heterocycles. The fourth-order valence-corrected chi connectivity index (χ4v) is 6.68. The molecule has 0 saturated carbocycles. The SMILES string of the molecule is N#Cc1cccc(-c2ccc(-c3cccc(-c4cccc(-c5ccc6c(c5)sc5ccccc56)c4)c3C#N)cc2)c1. The quantitative estimate of drug-likeness (QED) is 0.224. The lowest BCUT2D eigenvalue weighted by Crippen LogP contribution is -1.91. The minimum Gasteiger partial charge on any atom is -0.192 e. The van der Waals surface area contributed by atoms with Crippen molar-refractivity contribution in [3.63, 3.8) is 0 Å². The number of thiophene rings is 1. The lowest BCUT2D eigenvalue weighted by atomic mass is 9.90. The average Bonchev–Trinajstić information content (AvgIpc) is 3.42. The van der Waals surface area contributed by atoms with E-state index in [4.69, 9.17) is 0 Å². The Bertz CT molecular complexity index is 2170. The van der Waals surface area contributed by atoms with Crippen molar-refractivity contribution < 1.29 is 0 Å². The van der Waals surface area contributed by atoms with Crippen LogP contribution in [0, 0.1) is 22.7 Å². The zero-order chi connectivity index (χ0) is 27.8. The molecule has 7 rings (SSSR count). The van der Waals surface area contributed by atoms with Gasteiger partial charge in [0.25, 0.3) is 0 Å². The molecule has 0 aliphatic carbocycles. The maximum Gasteiger partial charge on any atom is 0.100 e. The lowest BCUT2D eigenvalue weighted by Gasteiger charge is -2.12. The summed E-state index contributed by atoms with van der Waals surface area (Å²) in [5, 5.41) is 22.1. The molecule has 0 unspecified atom stereocenters. The van der Waals surface area contributed by atoms with Crippen LogP contribution in [0.3, 0.4) is 0 Å². The van der Waals surface area contributed by atoms with Crippen molar-refractivity contribution in [2.45, 2.75) is 0 Å². The molecule has 1 aromatic heterocycles. The van der Waals surface area contributed by atoms with Crippen molar-refractivity contribution in [1.29, 1.82) is 10.5 Å². The summed E-state index contributed by atoms with van der Waals surface area (Å²) in [5.74, 6) is 0. The summed E-state index contributed by atoms with van der Waals surface area (Å²) in [6.45, 7) is 0. The molecule has 0 spiro atoms. The summed E-state index contributed by atoms with van der Waals surface area (Å²) < 4.78 is 2.57. The number of benzene rings is 6. The van der Waals surface area contributed by atoms with Crippen LogP contribution in [0.4, 0.5) is 0 Å². The third-order valence-corrected chi connectivity index (χ3v) is 8.72. The third kappa shape index (κ3) is 4.46. The minimum absolute atomic E-state index is 0.636. The van der Waals surface area contributed by atoms with Crippen LogP contribution in [-0.2, 0) is 0 Å².